The van der Waals surface area contributed by atoms with Gasteiger partial charge in [0, 0.05) is 42.7 Å². The zero-order chi connectivity index (χ0) is 60.0. The van der Waals surface area contributed by atoms with Crippen LogP contribution in [0.2, 0.25) is 0 Å². The fraction of sp³-hybridized carbons (Fsp3) is 0.826. The first-order valence-corrected chi connectivity index (χ1v) is 37.8. The molecule has 0 aromatic heterocycles. The molecule has 0 bridgehead atoms. The predicted octanol–water partition coefficient (Wildman–Crippen LogP) is 20.4. The zero-order valence-corrected chi connectivity index (χ0v) is 56.0. The Morgan fingerprint density at radius 3 is 1.25 bits per heavy atom. The fourth-order valence-electron chi connectivity index (χ4n) is 11.6. The monoisotopic (exact) mass is 1230 g/mol. The minimum atomic E-state index is -1.16. The van der Waals surface area contributed by atoms with Gasteiger partial charge >= 0.3 is 5.97 Å². The summed E-state index contributed by atoms with van der Waals surface area (Å²) < 4.78 is 14.4. The third-order valence-electron chi connectivity index (χ3n) is 16.7. The van der Waals surface area contributed by atoms with Crippen LogP contribution >= 0.6 is 47.0 Å². The molecule has 1 saturated carbocycles. The first kappa shape index (κ1) is 75.4. The topological polar surface area (TPSA) is 153 Å². The summed E-state index contributed by atoms with van der Waals surface area (Å²) in [6.45, 7) is 8.95. The summed E-state index contributed by atoms with van der Waals surface area (Å²) in [6, 6.07) is 5.95. The van der Waals surface area contributed by atoms with Crippen molar-refractivity contribution in [1.29, 1.82) is 0 Å². The maximum absolute atomic E-state index is 14.6. The van der Waals surface area contributed by atoms with Crippen LogP contribution < -0.4 is 5.32 Å². The second-order valence-corrected chi connectivity index (χ2v) is 29.0. The van der Waals surface area contributed by atoms with Gasteiger partial charge in [-0.05, 0) is 57.1 Å². The van der Waals surface area contributed by atoms with E-state index in [0.717, 1.165) is 89.9 Å². The number of thioether (sulfide) groups is 4. The van der Waals surface area contributed by atoms with E-state index in [2.05, 4.69) is 33.0 Å². The van der Waals surface area contributed by atoms with Crippen molar-refractivity contribution in [3.8, 4) is 0 Å². The van der Waals surface area contributed by atoms with Crippen molar-refractivity contribution < 1.29 is 43.3 Å². The van der Waals surface area contributed by atoms with Gasteiger partial charge < -0.3 is 19.9 Å². The smallest absolute Gasteiger partial charge is 0.336 e. The molecule has 1 aliphatic carbocycles. The molecule has 0 radical (unpaired) electrons. The molecule has 1 aromatic carbocycles. The summed E-state index contributed by atoms with van der Waals surface area (Å²) in [6.07, 6.45) is 44.6. The summed E-state index contributed by atoms with van der Waals surface area (Å²) in [5, 5.41) is 11.7. The van der Waals surface area contributed by atoms with Crippen molar-refractivity contribution in [3.05, 3.63) is 35.4 Å². The summed E-state index contributed by atoms with van der Waals surface area (Å²) in [5.41, 5.74) is 0.0503. The van der Waals surface area contributed by atoms with Gasteiger partial charge in [0.15, 0.2) is 26.8 Å². The lowest BCUT2D eigenvalue weighted by atomic mass is 10.0. The second kappa shape index (κ2) is 50.1. The first-order chi connectivity index (χ1) is 40.5. The Hall–Kier alpha value is -1.84. The predicted molar refractivity (Wildman–Crippen MR) is 355 cm³/mol. The molecule has 476 valence electrons. The van der Waals surface area contributed by atoms with Crippen LogP contribution in [-0.4, -0.2) is 83.5 Å². The maximum Gasteiger partial charge on any atom is 0.336 e. The van der Waals surface area contributed by atoms with Crippen LogP contribution in [0.1, 0.15) is 337 Å². The van der Waals surface area contributed by atoms with Crippen molar-refractivity contribution >= 4 is 79.4 Å². The van der Waals surface area contributed by atoms with Crippen molar-refractivity contribution in [2.75, 3.05) is 5.75 Å². The van der Waals surface area contributed by atoms with E-state index < -0.39 is 40.0 Å². The van der Waals surface area contributed by atoms with Gasteiger partial charge in [-0.15, -0.1) is 0 Å². The number of carboxylic acids is 1. The quantitative estimate of drug-likeness (QED) is 0.0470. The third-order valence-corrected chi connectivity index (χ3v) is 22.0. The van der Waals surface area contributed by atoms with Gasteiger partial charge in [0.2, 0.25) is 0 Å². The minimum Gasteiger partial charge on any atom is -0.478 e. The number of ether oxygens (including phenoxy) is 2. The SMILES string of the molecule is CCCCCCCCCCCC(=O)SC[C@H]1O[C@H](OC2CCCCC(NC(=O)c3ccccc3C(=O)O)C2)[C@@H](SC(=O)CCCCCCCCCCC)[C@H](SC(=O)CCCCCCCCCCC)[C@H]1SC(=O)CCCCCCCCCCC. The lowest BCUT2D eigenvalue weighted by molar-refractivity contribution is -0.205. The van der Waals surface area contributed by atoms with Crippen LogP contribution in [0.3, 0.4) is 0 Å². The molecule has 2 unspecified atom stereocenters. The molecule has 7 atom stereocenters. The highest BCUT2D eigenvalue weighted by Crippen LogP contribution is 2.46. The standard InChI is InChI=1S/C69H117NO9S4/c1-5-9-13-17-21-25-29-33-37-49-60(71)80-54-59-64(81-61(72)50-38-34-30-26-22-18-14-10-6-2)65(82-62(73)51-39-35-31-27-23-19-15-11-7-3)66(83-63(74)52-40-36-32-28-24-20-16-12-8-4)69(79-59)78-56-46-42-41-45-55(53-56)70-67(75)57-47-43-44-48-58(57)68(76)77/h43-44,47-48,55-56,59,64-66,69H,5-42,45-46,49-54H2,1-4H3,(H,70,75)(H,76,77)/t55?,56?,59-,64+,65-,66+,69+/m1/s1. The number of amides is 1. The van der Waals surface area contributed by atoms with Crippen molar-refractivity contribution in [2.24, 2.45) is 0 Å². The summed E-state index contributed by atoms with van der Waals surface area (Å²) in [7, 11) is 0. The van der Waals surface area contributed by atoms with Gasteiger partial charge in [-0.25, -0.2) is 4.79 Å². The van der Waals surface area contributed by atoms with E-state index in [4.69, 9.17) is 9.47 Å². The van der Waals surface area contributed by atoms with Crippen LogP contribution in [0.15, 0.2) is 24.3 Å². The fourth-order valence-corrected chi connectivity index (χ4v) is 16.9. The molecule has 2 N–H and O–H groups in total. The molecule has 83 heavy (non-hydrogen) atoms. The molecule has 1 amide bonds. The molecule has 2 aliphatic rings. The minimum absolute atomic E-state index is 0.0315. The van der Waals surface area contributed by atoms with E-state index in [1.807, 2.05) is 0 Å². The summed E-state index contributed by atoms with van der Waals surface area (Å²) >= 11 is 5.07. The maximum atomic E-state index is 14.6. The number of hydrogen-bond acceptors (Lipinski definition) is 12. The number of benzene rings is 1. The Balaban J connectivity index is 1.96. The first-order valence-electron chi connectivity index (χ1n) is 34.2. The van der Waals surface area contributed by atoms with Gasteiger partial charge in [-0.2, -0.15) is 0 Å². The van der Waals surface area contributed by atoms with E-state index in [1.165, 1.54) is 213 Å². The largest absolute Gasteiger partial charge is 0.478 e. The number of aromatic carboxylic acids is 1. The Morgan fingerprint density at radius 1 is 0.470 bits per heavy atom. The normalized spacial score (nSPS) is 20.0. The molecule has 14 heteroatoms. The van der Waals surface area contributed by atoms with E-state index in [9.17, 15) is 33.9 Å². The number of carbonyl (C=O) groups is 6. The molecule has 2 fully saturated rings. The molecule has 1 aromatic rings. The van der Waals surface area contributed by atoms with Crippen LogP contribution in [0.5, 0.6) is 0 Å². The van der Waals surface area contributed by atoms with Crippen LogP contribution in [-0.2, 0) is 28.7 Å². The highest BCUT2D eigenvalue weighted by Gasteiger charge is 2.50. The summed E-state index contributed by atoms with van der Waals surface area (Å²) in [5.74, 6) is -1.31. The number of carboxylic acid groups (broad SMARTS) is 1. The highest BCUT2D eigenvalue weighted by atomic mass is 32.2. The molecule has 1 aliphatic heterocycles. The van der Waals surface area contributed by atoms with Crippen molar-refractivity contribution in [1.82, 2.24) is 5.32 Å². The number of carbonyl (C=O) groups excluding carboxylic acids is 5. The van der Waals surface area contributed by atoms with Crippen LogP contribution in [0, 0.1) is 0 Å². The molecule has 3 rings (SSSR count). The van der Waals surface area contributed by atoms with E-state index in [-0.39, 0.29) is 43.7 Å². The summed E-state index contributed by atoms with van der Waals surface area (Å²) in [4.78, 5) is 83.2. The van der Waals surface area contributed by atoms with Gasteiger partial charge in [0.25, 0.3) is 5.91 Å². The number of unbranched alkanes of at least 4 members (excludes halogenated alkanes) is 32. The Labute approximate surface area is 522 Å². The second-order valence-electron chi connectivity index (χ2n) is 24.2. The average Bonchev–Trinajstić information content (AvgIpc) is 3.90. The van der Waals surface area contributed by atoms with E-state index in [0.29, 0.717) is 50.7 Å². The van der Waals surface area contributed by atoms with Gasteiger partial charge in [-0.3, -0.25) is 24.0 Å². The number of rotatable bonds is 50. The molecule has 1 saturated heterocycles. The Morgan fingerprint density at radius 2 is 0.831 bits per heavy atom. The van der Waals surface area contributed by atoms with Gasteiger partial charge in [0.05, 0.1) is 33.8 Å². The zero-order valence-electron chi connectivity index (χ0n) is 52.7. The van der Waals surface area contributed by atoms with Crippen molar-refractivity contribution in [2.45, 2.75) is 357 Å². The Bertz CT molecular complexity index is 1890. The van der Waals surface area contributed by atoms with E-state index >= 15 is 0 Å². The molecule has 10 nitrogen and oxygen atoms in total. The molecular formula is C69H117NO9S4. The Kier molecular flexibility index (Phi) is 45.5. The van der Waals surface area contributed by atoms with Crippen LogP contribution in [0.4, 0.5) is 0 Å². The molecule has 0 spiro atoms. The van der Waals surface area contributed by atoms with Gasteiger partial charge in [0.1, 0.15) is 0 Å². The molecular weight excluding hydrogens is 1120 g/mol. The van der Waals surface area contributed by atoms with Crippen LogP contribution in [0.25, 0.3) is 0 Å². The lowest BCUT2D eigenvalue weighted by Gasteiger charge is -2.46. The molecule has 1 heterocycles. The van der Waals surface area contributed by atoms with Gasteiger partial charge in [-0.1, -0.05) is 305 Å². The number of nitrogens with one attached hydrogen (secondary N) is 1. The van der Waals surface area contributed by atoms with E-state index in [1.54, 1.807) is 12.1 Å². The third kappa shape index (κ3) is 35.7. The lowest BCUT2D eigenvalue weighted by Crippen LogP contribution is -2.57. The average molecular weight is 1230 g/mol. The number of hydrogen-bond donors (Lipinski definition) is 2. The highest BCUT2D eigenvalue weighted by molar-refractivity contribution is 8.19. The van der Waals surface area contributed by atoms with Crippen molar-refractivity contribution in [3.63, 3.8) is 0 Å².